The number of carbonyl (C=O) groups excluding carboxylic acids is 3. The van der Waals surface area contributed by atoms with Gasteiger partial charge in [0.05, 0.1) is 23.0 Å². The van der Waals surface area contributed by atoms with Crippen LogP contribution in [0, 0.1) is 18.8 Å². The predicted octanol–water partition coefficient (Wildman–Crippen LogP) is 3.30. The molecule has 0 spiro atoms. The fraction of sp³-hybridized carbons (Fsp3) is 0.290. The average molecular weight is 603 g/mol. The van der Waals surface area contributed by atoms with Gasteiger partial charge in [-0.05, 0) is 57.5 Å². The Labute approximate surface area is 250 Å². The number of thiazole rings is 1. The van der Waals surface area contributed by atoms with Crippen LogP contribution in [-0.2, 0) is 16.0 Å². The maximum Gasteiger partial charge on any atom is 0.255 e. The Bertz CT molecular complexity index is 1790. The van der Waals surface area contributed by atoms with Gasteiger partial charge in [0, 0.05) is 22.4 Å². The van der Waals surface area contributed by atoms with E-state index in [2.05, 4.69) is 10.3 Å². The number of aryl methyl sites for hydroxylation is 1. The summed E-state index contributed by atoms with van der Waals surface area (Å²) < 4.78 is 0. The van der Waals surface area contributed by atoms with Gasteiger partial charge in [0.25, 0.3) is 5.91 Å². The lowest BCUT2D eigenvalue weighted by Crippen LogP contribution is -2.63. The van der Waals surface area contributed by atoms with Crippen LogP contribution in [0.1, 0.15) is 27.9 Å². The number of allylic oxidation sites excluding steroid dienone is 1. The van der Waals surface area contributed by atoms with Gasteiger partial charge >= 0.3 is 0 Å². The highest BCUT2D eigenvalue weighted by atomic mass is 32.1. The molecule has 4 unspecified atom stereocenters. The van der Waals surface area contributed by atoms with Crippen LogP contribution >= 0.6 is 11.3 Å². The zero-order valence-corrected chi connectivity index (χ0v) is 24.4. The third-order valence-electron chi connectivity index (χ3n) is 8.65. The van der Waals surface area contributed by atoms with Crippen molar-refractivity contribution in [2.24, 2.45) is 17.6 Å². The van der Waals surface area contributed by atoms with Crippen molar-refractivity contribution in [1.82, 2.24) is 9.88 Å². The molecule has 6 rings (SSSR count). The number of Topliss-reactive ketones (excluding diaryl/α,β-unsaturated/α-hetero) is 2. The molecule has 222 valence electrons. The Morgan fingerprint density at radius 3 is 2.58 bits per heavy atom. The number of rotatable bonds is 5. The molecule has 0 saturated carbocycles. The highest BCUT2D eigenvalue weighted by molar-refractivity contribution is 7.14. The fourth-order valence-electron chi connectivity index (χ4n) is 6.71. The van der Waals surface area contributed by atoms with Crippen LogP contribution in [0.4, 0.5) is 10.8 Å². The van der Waals surface area contributed by atoms with E-state index in [1.165, 1.54) is 16.2 Å². The second-order valence-electron chi connectivity index (χ2n) is 11.5. The van der Waals surface area contributed by atoms with Crippen LogP contribution in [0.25, 0.3) is 11.3 Å². The molecule has 12 heteroatoms. The molecule has 3 aromatic rings. The lowest BCUT2D eigenvalue weighted by atomic mass is 9.58. The maximum atomic E-state index is 13.9. The molecule has 1 heterocycles. The Kier molecular flexibility index (Phi) is 6.68. The van der Waals surface area contributed by atoms with Crippen molar-refractivity contribution in [3.05, 3.63) is 81.1 Å². The Morgan fingerprint density at radius 1 is 1.16 bits per heavy atom. The van der Waals surface area contributed by atoms with Crippen molar-refractivity contribution in [2.75, 3.05) is 19.4 Å². The van der Waals surface area contributed by atoms with Gasteiger partial charge in [-0.25, -0.2) is 4.98 Å². The molecular weight excluding hydrogens is 572 g/mol. The van der Waals surface area contributed by atoms with Gasteiger partial charge < -0.3 is 31.5 Å². The number of hydrogen-bond donors (Lipinski definition) is 6. The Hall–Kier alpha value is -4.52. The molecule has 1 aromatic heterocycles. The normalized spacial score (nSPS) is 25.0. The number of phenols is 1. The van der Waals surface area contributed by atoms with Gasteiger partial charge in [-0.15, -0.1) is 11.3 Å². The second kappa shape index (κ2) is 10.0. The summed E-state index contributed by atoms with van der Waals surface area (Å²) in [5.41, 5.74) is 5.11. The largest absolute Gasteiger partial charge is 0.510 e. The summed E-state index contributed by atoms with van der Waals surface area (Å²) in [7, 11) is 3.18. The molecule has 0 saturated heterocycles. The monoisotopic (exact) mass is 602 g/mol. The zero-order chi connectivity index (χ0) is 31.0. The zero-order valence-electron chi connectivity index (χ0n) is 23.6. The van der Waals surface area contributed by atoms with E-state index in [-0.39, 0.29) is 35.4 Å². The van der Waals surface area contributed by atoms with Crippen LogP contribution in [-0.4, -0.2) is 73.5 Å². The van der Waals surface area contributed by atoms with Crippen LogP contribution in [0.2, 0.25) is 0 Å². The van der Waals surface area contributed by atoms with E-state index in [0.717, 1.165) is 16.8 Å². The number of aliphatic hydroxyl groups is 3. The van der Waals surface area contributed by atoms with Gasteiger partial charge in [-0.3, -0.25) is 19.3 Å². The summed E-state index contributed by atoms with van der Waals surface area (Å²) in [6, 6.07) is 10.2. The minimum atomic E-state index is -2.68. The van der Waals surface area contributed by atoms with E-state index in [1.807, 2.05) is 36.6 Å². The molecule has 7 N–H and O–H groups in total. The van der Waals surface area contributed by atoms with Gasteiger partial charge in [0.15, 0.2) is 22.3 Å². The first-order chi connectivity index (χ1) is 20.3. The van der Waals surface area contributed by atoms with Crippen LogP contribution in [0.5, 0.6) is 5.75 Å². The number of hydrogen-bond acceptors (Lipinski definition) is 11. The number of aliphatic hydroxyl groups excluding tert-OH is 2. The standard InChI is InChI=1S/C31H30N4O7S/c1-13-5-4-6-14(9-13)19-12-43-30(34-19)33-18-8-7-15-10-16-11-17-23(35(2)3)26(38)22(29(32)41)28(40)31(17,42)27(39)21(16)25(37)20(15)24(18)36/h4-9,12,16-17,23,36,38-39,42H,10-11H2,1-3H3,(H2,32,41)(H,33,34). The Balaban J connectivity index is 1.39. The SMILES string of the molecule is Cc1cccc(-c2csc(Nc3ccc4c(c3O)C(=O)C3=C(O)C5(O)C(=O)C(C(N)=O)=C(O)C(N(C)C)C5CC3C4)n2)c1. The lowest BCUT2D eigenvalue weighted by Gasteiger charge is -2.50. The molecule has 3 aliphatic carbocycles. The number of fused-ring (bicyclic) bond motifs is 3. The molecule has 0 aliphatic heterocycles. The van der Waals surface area contributed by atoms with Crippen molar-refractivity contribution in [3.63, 3.8) is 0 Å². The predicted molar refractivity (Wildman–Crippen MR) is 159 cm³/mol. The first-order valence-corrected chi connectivity index (χ1v) is 14.5. The van der Waals surface area contributed by atoms with E-state index in [0.29, 0.717) is 10.7 Å². The summed E-state index contributed by atoms with van der Waals surface area (Å²) >= 11 is 1.32. The number of ketones is 2. The number of aromatic hydroxyl groups is 1. The third kappa shape index (κ3) is 4.24. The van der Waals surface area contributed by atoms with Crippen molar-refractivity contribution in [3.8, 4) is 17.0 Å². The lowest BCUT2D eigenvalue weighted by molar-refractivity contribution is -0.148. The van der Waals surface area contributed by atoms with E-state index in [9.17, 15) is 34.8 Å². The van der Waals surface area contributed by atoms with Crippen molar-refractivity contribution in [1.29, 1.82) is 0 Å². The average Bonchev–Trinajstić information content (AvgIpc) is 3.40. The highest BCUT2D eigenvalue weighted by Crippen LogP contribution is 2.52. The van der Waals surface area contributed by atoms with Crippen molar-refractivity contribution in [2.45, 2.75) is 31.4 Å². The molecule has 11 nitrogen and oxygen atoms in total. The number of amides is 1. The fourth-order valence-corrected chi connectivity index (χ4v) is 7.44. The van der Waals surface area contributed by atoms with Gasteiger partial charge in [-0.1, -0.05) is 29.8 Å². The number of carbonyl (C=O) groups is 3. The van der Waals surface area contributed by atoms with Crippen LogP contribution in [0.15, 0.2) is 64.4 Å². The topological polar surface area (TPSA) is 186 Å². The van der Waals surface area contributed by atoms with Crippen molar-refractivity contribution < 1.29 is 34.8 Å². The number of anilines is 2. The van der Waals surface area contributed by atoms with E-state index in [1.54, 1.807) is 26.2 Å². The second-order valence-corrected chi connectivity index (χ2v) is 12.3. The van der Waals surface area contributed by atoms with E-state index >= 15 is 0 Å². The smallest absolute Gasteiger partial charge is 0.255 e. The summed E-state index contributed by atoms with van der Waals surface area (Å²) in [5.74, 6) is -6.83. The number of primary amides is 1. The number of nitrogens with one attached hydrogen (secondary N) is 1. The quantitative estimate of drug-likeness (QED) is 0.187. The minimum Gasteiger partial charge on any atom is -0.510 e. The number of likely N-dealkylation sites (N-methyl/N-ethyl adjacent to an activating group) is 1. The third-order valence-corrected chi connectivity index (χ3v) is 9.41. The first kappa shape index (κ1) is 28.6. The number of phenolic OH excluding ortho intramolecular Hbond substituents is 1. The van der Waals surface area contributed by atoms with E-state index in [4.69, 9.17) is 5.73 Å². The number of nitrogens with zero attached hydrogens (tertiary/aromatic N) is 2. The summed E-state index contributed by atoms with van der Waals surface area (Å²) in [6.07, 6.45) is 0.254. The Morgan fingerprint density at radius 2 is 1.91 bits per heavy atom. The first-order valence-electron chi connectivity index (χ1n) is 13.6. The van der Waals surface area contributed by atoms with Gasteiger partial charge in [-0.2, -0.15) is 0 Å². The summed E-state index contributed by atoms with van der Waals surface area (Å²) in [5, 5.41) is 50.7. The van der Waals surface area contributed by atoms with Crippen LogP contribution in [0.3, 0.4) is 0 Å². The summed E-state index contributed by atoms with van der Waals surface area (Å²) in [6.45, 7) is 1.99. The molecule has 3 aliphatic rings. The molecule has 43 heavy (non-hydrogen) atoms. The molecule has 0 fully saturated rings. The minimum absolute atomic E-state index is 0.0351. The number of aromatic nitrogens is 1. The van der Waals surface area contributed by atoms with Crippen molar-refractivity contribution >= 4 is 39.6 Å². The van der Waals surface area contributed by atoms with Gasteiger partial charge in [0.2, 0.25) is 5.78 Å². The molecule has 0 radical (unpaired) electrons. The van der Waals surface area contributed by atoms with Crippen LogP contribution < -0.4 is 11.1 Å². The number of nitrogens with two attached hydrogens (primary N) is 1. The molecule has 4 atom stereocenters. The summed E-state index contributed by atoms with van der Waals surface area (Å²) in [4.78, 5) is 45.6. The van der Waals surface area contributed by atoms with E-state index < -0.39 is 58.0 Å². The van der Waals surface area contributed by atoms with Gasteiger partial charge in [0.1, 0.15) is 17.1 Å². The number of benzene rings is 2. The molecule has 2 aromatic carbocycles. The maximum absolute atomic E-state index is 13.9. The molecular formula is C31H30N4O7S. The molecule has 0 bridgehead atoms. The highest BCUT2D eigenvalue weighted by Gasteiger charge is 2.63. The molecule has 1 amide bonds.